The van der Waals surface area contributed by atoms with Gasteiger partial charge in [0.1, 0.15) is 0 Å². The topological polar surface area (TPSA) is 364 Å². The van der Waals surface area contributed by atoms with Crippen molar-refractivity contribution in [2.24, 2.45) is 79.7 Å². The third-order valence-electron chi connectivity index (χ3n) is 16.7. The Balaban J connectivity index is 0.0000101. The number of rotatable bonds is 20. The maximum Gasteiger partial charge on any atom is 0.220 e. The van der Waals surface area contributed by atoms with E-state index in [2.05, 4.69) is 19.2 Å². The third kappa shape index (κ3) is 10.6. The molecule has 5 aliphatic rings. The molecule has 20 heteroatoms. The van der Waals surface area contributed by atoms with Crippen molar-refractivity contribution >= 4 is 41.4 Å². The van der Waals surface area contributed by atoms with E-state index in [9.17, 15) is 38.7 Å². The second kappa shape index (κ2) is 20.7. The van der Waals surface area contributed by atoms with E-state index in [-0.39, 0.29) is 99.4 Å². The summed E-state index contributed by atoms with van der Waals surface area (Å²) in [6, 6.07) is -2.79. The monoisotopic (exact) mass is 993 g/mol. The molecule has 0 saturated carbocycles. The minimum Gasteiger partial charge on any atom is -0.685 e. The number of amides is 7. The minimum absolute atomic E-state index is 0. The number of nitrogens with one attached hydrogen (secondary N) is 1. The predicted molar refractivity (Wildman–Crippen MR) is 253 cm³/mol. The smallest absolute Gasteiger partial charge is 0.220 e. The van der Waals surface area contributed by atoms with Crippen LogP contribution in [-0.2, 0) is 50.3 Å². The van der Waals surface area contributed by atoms with Gasteiger partial charge in [-0.3, -0.25) is 33.6 Å². The minimum atomic E-state index is -1.37. The molecule has 7 amide bonds. The molecule has 4 saturated heterocycles. The van der Waals surface area contributed by atoms with E-state index in [1.807, 2.05) is 47.6 Å². The van der Waals surface area contributed by atoms with Crippen LogP contribution >= 0.6 is 0 Å². The largest absolute Gasteiger partial charge is 0.685 e. The molecule has 5 heterocycles. The number of carbonyl (C=O) groups excluding carboxylic acids is 7. The van der Waals surface area contributed by atoms with Crippen LogP contribution in [-0.4, -0.2) is 88.8 Å². The van der Waals surface area contributed by atoms with Gasteiger partial charge < -0.3 is 66.1 Å². The number of nitrogens with zero attached hydrogens (tertiary/aromatic N) is 4. The zero-order valence-electron chi connectivity index (χ0n) is 41.2. The second-order valence-electron chi connectivity index (χ2n) is 21.7. The number of allylic oxidation sites excluding steroid dienone is 3. The van der Waals surface area contributed by atoms with Crippen LogP contribution in [0.3, 0.4) is 0 Å². The summed E-state index contributed by atoms with van der Waals surface area (Å²) >= 11 is 0. The van der Waals surface area contributed by atoms with Gasteiger partial charge in [-0.1, -0.05) is 47.6 Å². The van der Waals surface area contributed by atoms with E-state index in [1.165, 1.54) is 0 Å². The van der Waals surface area contributed by atoms with Gasteiger partial charge in [0, 0.05) is 68.3 Å². The summed E-state index contributed by atoms with van der Waals surface area (Å²) < 4.78 is 0. The summed E-state index contributed by atoms with van der Waals surface area (Å²) in [7, 11) is 0. The number of fused-ring (bicyclic) bond motifs is 9. The average molecular weight is 993 g/mol. The molecule has 8 bridgehead atoms. The molecule has 0 spiro atoms. The van der Waals surface area contributed by atoms with Gasteiger partial charge in [-0.2, -0.15) is 17.1 Å². The molecule has 5 rings (SSSR count). The summed E-state index contributed by atoms with van der Waals surface area (Å²) in [6.45, 7) is 17.2. The van der Waals surface area contributed by atoms with Crippen molar-refractivity contribution in [1.29, 1.82) is 0 Å². The predicted octanol–water partition coefficient (Wildman–Crippen LogP) is 3.42. The normalized spacial score (nSPS) is 37.9. The molecule has 1 radical (unpaired) electrons. The Hall–Kier alpha value is -4.66. The van der Waals surface area contributed by atoms with E-state index >= 15 is 0 Å². The zero-order valence-corrected chi connectivity index (χ0v) is 42.2. The summed E-state index contributed by atoms with van der Waals surface area (Å²) in [4.78, 5) is 91.4. The number of aliphatic hydroxyl groups excluding tert-OH is 1. The van der Waals surface area contributed by atoms with Crippen molar-refractivity contribution in [1.82, 2.24) is 5.32 Å². The molecule has 0 aromatic carbocycles. The van der Waals surface area contributed by atoms with Crippen LogP contribution < -0.4 is 39.7 Å². The quantitative estimate of drug-likeness (QED) is 0.0891. The molecule has 3 unspecified atom stereocenters. The first-order chi connectivity index (χ1) is 30.9. The number of hydrogen-bond acceptors (Lipinski definition) is 8. The molecule has 0 aromatic rings. The van der Waals surface area contributed by atoms with Crippen molar-refractivity contribution < 1.29 is 55.4 Å². The van der Waals surface area contributed by atoms with Gasteiger partial charge in [-0.15, -0.1) is 40.9 Å². The Bertz CT molecular complexity index is 2130. The van der Waals surface area contributed by atoms with Crippen LogP contribution in [0.15, 0.2) is 34.3 Å². The summed E-state index contributed by atoms with van der Waals surface area (Å²) in [6.07, 6.45) is 1.49. The first-order valence-corrected chi connectivity index (χ1v) is 23.6. The van der Waals surface area contributed by atoms with Crippen molar-refractivity contribution in [3.8, 4) is 0 Å². The average Bonchev–Trinajstić information content (AvgIpc) is 3.80. The van der Waals surface area contributed by atoms with Crippen LogP contribution in [0.5, 0.6) is 0 Å². The molecule has 68 heavy (non-hydrogen) atoms. The molecule has 383 valence electrons. The molecule has 14 N–H and O–H groups in total. The Morgan fingerprint density at radius 1 is 0.721 bits per heavy atom. The molecule has 0 aromatic heterocycles. The zero-order chi connectivity index (χ0) is 50.4. The number of primary amides is 6. The fraction of sp³-hybridized carbons (Fsp3) is 0.729. The van der Waals surface area contributed by atoms with E-state index in [1.54, 1.807) is 6.92 Å². The molecule has 13 atom stereocenters. The first kappa shape index (κ1) is 55.9. The third-order valence-corrected chi connectivity index (χ3v) is 16.7. The number of hydrogen-bond donors (Lipinski definition) is 8. The summed E-state index contributed by atoms with van der Waals surface area (Å²) in [5.74, 6) is -6.03. The Labute approximate surface area is 411 Å². The molecular weight excluding hydrogens is 918 g/mol. The summed E-state index contributed by atoms with van der Waals surface area (Å²) in [5.41, 5.74) is 33.5. The number of aliphatic hydroxyl groups is 1. The van der Waals surface area contributed by atoms with Gasteiger partial charge in [0.15, 0.2) is 0 Å². The van der Waals surface area contributed by atoms with Gasteiger partial charge in [-0.05, 0) is 91.8 Å². The summed E-state index contributed by atoms with van der Waals surface area (Å²) in [5, 5.41) is 35.0. The van der Waals surface area contributed by atoms with Crippen molar-refractivity contribution in [2.45, 2.75) is 169 Å². The molecule has 4 fully saturated rings. The Morgan fingerprint density at radius 3 is 1.81 bits per heavy atom. The van der Waals surface area contributed by atoms with E-state index in [0.29, 0.717) is 29.1 Å². The fourth-order valence-corrected chi connectivity index (χ4v) is 12.9. The maximum atomic E-state index is 13.5. The van der Waals surface area contributed by atoms with Crippen molar-refractivity contribution in [2.75, 3.05) is 6.54 Å². The van der Waals surface area contributed by atoms with Crippen LogP contribution in [0.2, 0.25) is 0 Å². The molecule has 0 aliphatic carbocycles. The van der Waals surface area contributed by atoms with Gasteiger partial charge in [-0.25, -0.2) is 0 Å². The molecule has 19 nitrogen and oxygen atoms in total. The number of carbonyl (C=O) groups is 7. The van der Waals surface area contributed by atoms with Gasteiger partial charge in [0.2, 0.25) is 41.4 Å². The van der Waals surface area contributed by atoms with Crippen LogP contribution in [0.4, 0.5) is 0 Å². The second-order valence-corrected chi connectivity index (χ2v) is 21.7. The van der Waals surface area contributed by atoms with Crippen LogP contribution in [0, 0.1) is 45.3 Å². The van der Waals surface area contributed by atoms with Crippen LogP contribution in [0.1, 0.15) is 133 Å². The van der Waals surface area contributed by atoms with Crippen molar-refractivity contribution in [3.63, 3.8) is 0 Å². The van der Waals surface area contributed by atoms with E-state index in [0.717, 1.165) is 5.57 Å². The molecule has 5 aliphatic heterocycles. The van der Waals surface area contributed by atoms with Gasteiger partial charge in [0.05, 0.1) is 6.10 Å². The first-order valence-electron chi connectivity index (χ1n) is 23.6. The van der Waals surface area contributed by atoms with Crippen LogP contribution in [0.25, 0.3) is 21.3 Å². The Morgan fingerprint density at radius 2 is 1.28 bits per heavy atom. The van der Waals surface area contributed by atoms with Gasteiger partial charge >= 0.3 is 0 Å². The Kier molecular flexibility index (Phi) is 17.1. The fourth-order valence-electron chi connectivity index (χ4n) is 12.9. The van der Waals surface area contributed by atoms with E-state index < -0.39 is 111 Å². The van der Waals surface area contributed by atoms with Crippen molar-refractivity contribution in [3.05, 3.63) is 55.6 Å². The maximum absolute atomic E-state index is 13.5. The van der Waals surface area contributed by atoms with E-state index in [4.69, 9.17) is 55.7 Å². The standard InChI is InChI=1S/C48H75N11O8.Co/c1-23(60)22-55-38(67)16-17-45(6)29(18-35(52)64)43-48(9)47(8,21-37(54)66)28(12-15-34(51)63)40(59-48)25(3)42-46(7,20-36(53)65)26(10-13-32(49)61)30(56-42)19-31-44(4,5)27(11-14-33(50)62)39(57-31)24(2)41(45)58-43;/h19,23,26-29,31,39,42-43,60H,10-18,20-22H2,1-9H3,(H2,49,61)(H2,50,62)(H2,51,63)(H2,52,64)(H2,53,65)(H2,54,66)(H,55,67);/q-4;/b30-19-,40-25-,41-24-;/t23-,26-,27-,28-,29+,31?,39?,42?,43-,45-,46+,47+,48+;/m1./s1. The van der Waals surface area contributed by atoms with Gasteiger partial charge in [0.25, 0.3) is 0 Å². The number of nitrogens with two attached hydrogens (primary N) is 6. The molecular formula is C48H75CoN11O8-4. The SMILES string of the molecule is C/C1=C2/[N-][C@H]([C@H](CC(N)=O)[C@@]2(C)CCC(=O)NC[C@@H](C)O)[C@]2(C)[N-]/C(=C(/C)C3[N-]/C(=C\C4[N-]C1[C@@H](CCC(N)=O)C4(C)C)[C@@H](CCC(N)=O)[C@]3(C)CC(N)=O)[C@@H](CCC(N)=O)[C@]2(C)CC(N)=O.[Co].